The Balaban J connectivity index is 1.06. The summed E-state index contributed by atoms with van der Waals surface area (Å²) in [5, 5.41) is 5.54. The van der Waals surface area contributed by atoms with Gasteiger partial charge in [-0.05, 0) is 48.7 Å². The van der Waals surface area contributed by atoms with Gasteiger partial charge in [-0.2, -0.15) is 0 Å². The second-order valence-corrected chi connectivity index (χ2v) is 16.4. The first kappa shape index (κ1) is 32.4. The van der Waals surface area contributed by atoms with E-state index >= 15 is 0 Å². The molecule has 0 amide bonds. The summed E-state index contributed by atoms with van der Waals surface area (Å²) in [6, 6.07) is 46.0. The first-order chi connectivity index (χ1) is 28.2. The van der Waals surface area contributed by atoms with Crippen LogP contribution >= 0.6 is 22.7 Å². The van der Waals surface area contributed by atoms with Gasteiger partial charge in [0.15, 0.2) is 23.3 Å². The molecular weight excluding hydrogens is 739 g/mol. The molecule has 12 rings (SSSR count). The molecule has 11 aromatic rings. The lowest BCUT2D eigenvalue weighted by atomic mass is 10.0. The number of furan rings is 1. The van der Waals surface area contributed by atoms with Gasteiger partial charge in [0.1, 0.15) is 11.2 Å². The number of para-hydroxylation sites is 1. The monoisotopic (exact) mass is 767 g/mol. The summed E-state index contributed by atoms with van der Waals surface area (Å²) in [4.78, 5) is 26.0. The van der Waals surface area contributed by atoms with Crippen LogP contribution in [0.25, 0.3) is 114 Å². The number of hydrogen-bond donors (Lipinski definition) is 0. The van der Waals surface area contributed by atoms with Gasteiger partial charge in [0.05, 0.1) is 21.5 Å². The largest absolute Gasteiger partial charge is 0.455 e. The molecule has 0 saturated heterocycles. The SMILES string of the molecule is C1=CC(c2nc(-c3cccc4oc5c(-c6nc(-c7ccccc7)nc(-c7ccc8c(c7)sc7ccccc78)n6)cccc5c34)nc3c2sc2ccccc23)=CCC1. The normalized spacial score (nSPS) is 13.2. The lowest BCUT2D eigenvalue weighted by Gasteiger charge is -2.10. The molecular formula is C49H29N5OS2. The Labute approximate surface area is 334 Å². The number of thiophene rings is 2. The van der Waals surface area contributed by atoms with Crippen molar-refractivity contribution in [2.24, 2.45) is 0 Å². The highest BCUT2D eigenvalue weighted by molar-refractivity contribution is 7.26. The molecule has 0 fully saturated rings. The lowest BCUT2D eigenvalue weighted by molar-refractivity contribution is 0.669. The molecule has 0 saturated carbocycles. The van der Waals surface area contributed by atoms with Crippen LogP contribution in [0, 0.1) is 0 Å². The van der Waals surface area contributed by atoms with Crippen LogP contribution in [0.5, 0.6) is 0 Å². The zero-order chi connectivity index (χ0) is 37.5. The fraction of sp³-hybridized carbons (Fsp3) is 0.0408. The summed E-state index contributed by atoms with van der Waals surface area (Å²) in [5.41, 5.74) is 8.09. The van der Waals surface area contributed by atoms with Gasteiger partial charge in [0.2, 0.25) is 0 Å². The number of fused-ring (bicyclic) bond motifs is 9. The molecule has 0 atom stereocenters. The average Bonchev–Trinajstić information content (AvgIpc) is 3.97. The molecule has 268 valence electrons. The van der Waals surface area contributed by atoms with Gasteiger partial charge < -0.3 is 4.42 Å². The first-order valence-electron chi connectivity index (χ1n) is 19.0. The van der Waals surface area contributed by atoms with Gasteiger partial charge in [-0.1, -0.05) is 121 Å². The van der Waals surface area contributed by atoms with E-state index in [9.17, 15) is 0 Å². The molecule has 6 aromatic carbocycles. The van der Waals surface area contributed by atoms with Crippen LogP contribution in [0.3, 0.4) is 0 Å². The third-order valence-electron chi connectivity index (χ3n) is 10.8. The number of benzene rings is 6. The zero-order valence-corrected chi connectivity index (χ0v) is 31.9. The van der Waals surface area contributed by atoms with E-state index in [2.05, 4.69) is 103 Å². The van der Waals surface area contributed by atoms with Crippen LogP contribution in [0.2, 0.25) is 0 Å². The van der Waals surface area contributed by atoms with E-state index in [0.29, 0.717) is 28.9 Å². The van der Waals surface area contributed by atoms with Gasteiger partial charge in [-0.25, -0.2) is 24.9 Å². The van der Waals surface area contributed by atoms with Crippen LogP contribution in [-0.2, 0) is 0 Å². The molecule has 1 aliphatic carbocycles. The summed E-state index contributed by atoms with van der Waals surface area (Å²) in [7, 11) is 0. The van der Waals surface area contributed by atoms with E-state index in [1.165, 1.54) is 24.9 Å². The molecule has 57 heavy (non-hydrogen) atoms. The van der Waals surface area contributed by atoms with Gasteiger partial charge in [-0.3, -0.25) is 0 Å². The maximum atomic E-state index is 6.80. The summed E-state index contributed by atoms with van der Waals surface area (Å²) < 4.78 is 11.6. The van der Waals surface area contributed by atoms with Gasteiger partial charge >= 0.3 is 0 Å². The molecule has 6 nitrogen and oxygen atoms in total. The number of hydrogen-bond acceptors (Lipinski definition) is 8. The second kappa shape index (κ2) is 12.8. The molecule has 8 heteroatoms. The summed E-state index contributed by atoms with van der Waals surface area (Å²) in [5.74, 6) is 2.42. The summed E-state index contributed by atoms with van der Waals surface area (Å²) >= 11 is 3.54. The maximum Gasteiger partial charge on any atom is 0.167 e. The molecule has 0 aliphatic heterocycles. The summed E-state index contributed by atoms with van der Waals surface area (Å²) in [6.07, 6.45) is 8.76. The van der Waals surface area contributed by atoms with Gasteiger partial charge in [0, 0.05) is 57.7 Å². The molecule has 0 radical (unpaired) electrons. The van der Waals surface area contributed by atoms with E-state index in [0.717, 1.165) is 78.3 Å². The first-order valence-corrected chi connectivity index (χ1v) is 20.6. The van der Waals surface area contributed by atoms with Crippen molar-refractivity contribution >= 4 is 90.7 Å². The Morgan fingerprint density at radius 3 is 2.05 bits per heavy atom. The highest BCUT2D eigenvalue weighted by Crippen LogP contribution is 2.43. The standard InChI is InChI=1S/C49H29N5OS2/c1-3-13-28(14-4-1)42-45-43(33-18-8-10-24-39(33)57-45)51-48(50-42)35-20-12-22-37-41(35)34-19-11-21-36(44(34)55-37)49-53-46(29-15-5-2-6-16-29)52-47(54-49)30-25-26-32-31-17-7-9-23-38(31)56-40(32)27-30/h2-3,5-27H,1,4H2. The topological polar surface area (TPSA) is 77.6 Å². The quantitative estimate of drug-likeness (QED) is 0.174. The molecule has 0 unspecified atom stereocenters. The van der Waals surface area contributed by atoms with Crippen molar-refractivity contribution in [2.75, 3.05) is 0 Å². The molecule has 0 bridgehead atoms. The Bertz CT molecular complexity index is 3480. The fourth-order valence-electron chi connectivity index (χ4n) is 8.11. The Hall–Kier alpha value is -6.87. The highest BCUT2D eigenvalue weighted by atomic mass is 32.1. The van der Waals surface area contributed by atoms with E-state index in [1.54, 1.807) is 22.7 Å². The second-order valence-electron chi connectivity index (χ2n) is 14.3. The van der Waals surface area contributed by atoms with Crippen LogP contribution < -0.4 is 0 Å². The van der Waals surface area contributed by atoms with Crippen molar-refractivity contribution in [1.82, 2.24) is 24.9 Å². The molecule has 0 N–H and O–H groups in total. The number of nitrogens with zero attached hydrogens (tertiary/aromatic N) is 5. The van der Waals surface area contributed by atoms with Crippen molar-refractivity contribution in [1.29, 1.82) is 0 Å². The minimum Gasteiger partial charge on any atom is -0.455 e. The predicted octanol–water partition coefficient (Wildman–Crippen LogP) is 13.7. The van der Waals surface area contributed by atoms with Crippen molar-refractivity contribution < 1.29 is 4.42 Å². The van der Waals surface area contributed by atoms with Gasteiger partial charge in [0.25, 0.3) is 0 Å². The van der Waals surface area contributed by atoms with Crippen LogP contribution in [0.4, 0.5) is 0 Å². The van der Waals surface area contributed by atoms with Crippen molar-refractivity contribution in [3.8, 4) is 45.6 Å². The number of allylic oxidation sites excluding steroid dienone is 4. The predicted molar refractivity (Wildman–Crippen MR) is 237 cm³/mol. The minimum absolute atomic E-state index is 0.544. The van der Waals surface area contributed by atoms with E-state index in [4.69, 9.17) is 29.3 Å². The minimum atomic E-state index is 0.544. The zero-order valence-electron chi connectivity index (χ0n) is 30.3. The van der Waals surface area contributed by atoms with Crippen LogP contribution in [0.1, 0.15) is 18.5 Å². The van der Waals surface area contributed by atoms with E-state index in [-0.39, 0.29) is 0 Å². The van der Waals surface area contributed by atoms with Crippen LogP contribution in [-0.4, -0.2) is 24.9 Å². The fourth-order valence-corrected chi connectivity index (χ4v) is 10.4. The molecule has 5 heterocycles. The Morgan fingerprint density at radius 1 is 0.491 bits per heavy atom. The third-order valence-corrected chi connectivity index (χ3v) is 13.1. The van der Waals surface area contributed by atoms with Crippen LogP contribution in [0.15, 0.2) is 156 Å². The van der Waals surface area contributed by atoms with Gasteiger partial charge in [-0.15, -0.1) is 22.7 Å². The average molecular weight is 768 g/mol. The Kier molecular flexibility index (Phi) is 7.30. The third kappa shape index (κ3) is 5.25. The molecule has 5 aromatic heterocycles. The number of rotatable bonds is 5. The smallest absolute Gasteiger partial charge is 0.167 e. The molecule has 0 spiro atoms. The lowest BCUT2D eigenvalue weighted by Crippen LogP contribution is -2.00. The van der Waals surface area contributed by atoms with Crippen molar-refractivity contribution in [2.45, 2.75) is 12.8 Å². The van der Waals surface area contributed by atoms with E-state index < -0.39 is 0 Å². The maximum absolute atomic E-state index is 6.80. The molecule has 1 aliphatic rings. The highest BCUT2D eigenvalue weighted by Gasteiger charge is 2.23. The summed E-state index contributed by atoms with van der Waals surface area (Å²) in [6.45, 7) is 0. The Morgan fingerprint density at radius 2 is 1.19 bits per heavy atom. The van der Waals surface area contributed by atoms with Crippen molar-refractivity contribution in [3.05, 3.63) is 157 Å². The van der Waals surface area contributed by atoms with E-state index in [1.807, 2.05) is 48.5 Å². The van der Waals surface area contributed by atoms with Crippen molar-refractivity contribution in [3.63, 3.8) is 0 Å². The number of aromatic nitrogens is 5.